The Balaban J connectivity index is 1.88. The van der Waals surface area contributed by atoms with Crippen LogP contribution in [0.5, 0.6) is 0 Å². The van der Waals surface area contributed by atoms with Crippen LogP contribution in [-0.2, 0) is 9.59 Å². The summed E-state index contributed by atoms with van der Waals surface area (Å²) in [6, 6.07) is 4.33. The predicted molar refractivity (Wildman–Crippen MR) is 76.5 cm³/mol. The van der Waals surface area contributed by atoms with Crippen LogP contribution in [0.4, 0.5) is 0 Å². The molecule has 0 aromatic heterocycles. The molecule has 1 aromatic carbocycles. The number of carboxylic acid groups (broad SMARTS) is 1. The number of rotatable bonds is 5. The quantitative estimate of drug-likeness (QED) is 0.761. The van der Waals surface area contributed by atoms with Crippen LogP contribution >= 0.6 is 23.2 Å². The Bertz CT molecular complexity index is 614. The fraction of sp³-hybridized carbons (Fsp3) is 0.308. The first-order valence-corrected chi connectivity index (χ1v) is 6.87. The standard InChI is InChI=1S/C13H12Cl2N2O4/c14-8-2-1-7(5-9(8)15)11(19)16-6-10(18)17-13(3-4-13)12(20)21/h1-2,5H,3-4,6H2,(H,16,19)(H,17,18)(H,20,21). The van der Waals surface area contributed by atoms with Gasteiger partial charge in [0.25, 0.3) is 5.91 Å². The third-order valence-electron chi connectivity index (χ3n) is 3.13. The van der Waals surface area contributed by atoms with E-state index in [4.69, 9.17) is 28.3 Å². The summed E-state index contributed by atoms with van der Waals surface area (Å²) < 4.78 is 0. The van der Waals surface area contributed by atoms with Crippen LogP contribution in [0.1, 0.15) is 23.2 Å². The number of halogens is 2. The lowest BCUT2D eigenvalue weighted by Crippen LogP contribution is -2.47. The maximum Gasteiger partial charge on any atom is 0.329 e. The van der Waals surface area contributed by atoms with Gasteiger partial charge >= 0.3 is 5.97 Å². The highest BCUT2D eigenvalue weighted by atomic mass is 35.5. The molecule has 1 aliphatic carbocycles. The van der Waals surface area contributed by atoms with E-state index in [1.807, 2.05) is 0 Å². The monoisotopic (exact) mass is 330 g/mol. The van der Waals surface area contributed by atoms with Crippen molar-refractivity contribution in [3.63, 3.8) is 0 Å². The van der Waals surface area contributed by atoms with Crippen LogP contribution in [0.2, 0.25) is 10.0 Å². The third-order valence-corrected chi connectivity index (χ3v) is 3.87. The summed E-state index contributed by atoms with van der Waals surface area (Å²) >= 11 is 11.5. The Labute approximate surface area is 130 Å². The number of carboxylic acids is 1. The van der Waals surface area contributed by atoms with Crippen LogP contribution in [0, 0.1) is 0 Å². The summed E-state index contributed by atoms with van der Waals surface area (Å²) in [6.07, 6.45) is 0.795. The van der Waals surface area contributed by atoms with E-state index in [0.29, 0.717) is 17.9 Å². The van der Waals surface area contributed by atoms with Gasteiger partial charge in [0.05, 0.1) is 16.6 Å². The number of aliphatic carboxylic acids is 1. The lowest BCUT2D eigenvalue weighted by atomic mass is 10.2. The first-order valence-electron chi connectivity index (χ1n) is 6.12. The van der Waals surface area contributed by atoms with Crippen molar-refractivity contribution in [3.8, 4) is 0 Å². The number of hydrogen-bond acceptors (Lipinski definition) is 3. The molecule has 0 unspecified atom stereocenters. The maximum atomic E-state index is 11.8. The van der Waals surface area contributed by atoms with E-state index in [0.717, 1.165) is 0 Å². The molecular formula is C13H12Cl2N2O4. The Morgan fingerprint density at radius 3 is 2.38 bits per heavy atom. The van der Waals surface area contributed by atoms with E-state index in [2.05, 4.69) is 10.6 Å². The molecule has 2 rings (SSSR count). The molecule has 0 spiro atoms. The molecule has 1 fully saturated rings. The second-order valence-corrected chi connectivity index (χ2v) is 5.56. The normalized spacial score (nSPS) is 15.1. The number of amides is 2. The van der Waals surface area contributed by atoms with Gasteiger partial charge in [-0.15, -0.1) is 0 Å². The molecule has 1 saturated carbocycles. The highest BCUT2D eigenvalue weighted by Gasteiger charge is 2.51. The lowest BCUT2D eigenvalue weighted by molar-refractivity contribution is -0.143. The Kier molecular flexibility index (Phi) is 4.39. The molecule has 112 valence electrons. The fourth-order valence-electron chi connectivity index (χ4n) is 1.73. The fourth-order valence-corrected chi connectivity index (χ4v) is 2.03. The van der Waals surface area contributed by atoms with Gasteiger partial charge in [0.15, 0.2) is 0 Å². The topological polar surface area (TPSA) is 95.5 Å². The zero-order valence-electron chi connectivity index (χ0n) is 10.8. The predicted octanol–water partition coefficient (Wildman–Crippen LogP) is 1.46. The molecule has 0 radical (unpaired) electrons. The maximum absolute atomic E-state index is 11.8. The van der Waals surface area contributed by atoms with Gasteiger partial charge in [-0.05, 0) is 31.0 Å². The van der Waals surface area contributed by atoms with E-state index in [-0.39, 0.29) is 17.1 Å². The number of carbonyl (C=O) groups is 3. The number of hydrogen-bond donors (Lipinski definition) is 3. The molecule has 1 aliphatic rings. The number of carbonyl (C=O) groups excluding carboxylic acids is 2. The van der Waals surface area contributed by atoms with Gasteiger partial charge in [0.1, 0.15) is 5.54 Å². The molecule has 1 aromatic rings. The zero-order chi connectivity index (χ0) is 15.6. The van der Waals surface area contributed by atoms with Gasteiger partial charge in [-0.2, -0.15) is 0 Å². The molecule has 0 heterocycles. The molecule has 3 N–H and O–H groups in total. The molecule has 21 heavy (non-hydrogen) atoms. The lowest BCUT2D eigenvalue weighted by Gasteiger charge is -2.12. The van der Waals surface area contributed by atoms with Crippen molar-refractivity contribution in [2.24, 2.45) is 0 Å². The molecule has 2 amide bonds. The van der Waals surface area contributed by atoms with E-state index >= 15 is 0 Å². The van der Waals surface area contributed by atoms with Gasteiger partial charge in [-0.3, -0.25) is 9.59 Å². The van der Waals surface area contributed by atoms with Gasteiger partial charge in [0.2, 0.25) is 5.91 Å². The van der Waals surface area contributed by atoms with Crippen molar-refractivity contribution >= 4 is 41.0 Å². The SMILES string of the molecule is O=C(CNC(=O)c1ccc(Cl)c(Cl)c1)NC1(C(=O)O)CC1. The molecular weight excluding hydrogens is 319 g/mol. The van der Waals surface area contributed by atoms with E-state index in [1.54, 1.807) is 0 Å². The molecule has 0 atom stereocenters. The van der Waals surface area contributed by atoms with Crippen molar-refractivity contribution in [2.75, 3.05) is 6.54 Å². The number of benzene rings is 1. The van der Waals surface area contributed by atoms with Crippen LogP contribution in [0.25, 0.3) is 0 Å². The highest BCUT2D eigenvalue weighted by Crippen LogP contribution is 2.35. The van der Waals surface area contributed by atoms with Crippen LogP contribution < -0.4 is 10.6 Å². The van der Waals surface area contributed by atoms with Crippen LogP contribution in [-0.4, -0.2) is 35.0 Å². The molecule has 8 heteroatoms. The number of nitrogens with one attached hydrogen (secondary N) is 2. The Morgan fingerprint density at radius 1 is 1.19 bits per heavy atom. The molecule has 0 saturated heterocycles. The smallest absolute Gasteiger partial charge is 0.329 e. The minimum Gasteiger partial charge on any atom is -0.480 e. The first-order chi connectivity index (χ1) is 9.84. The van der Waals surface area contributed by atoms with Gasteiger partial charge in [0, 0.05) is 5.56 Å². The summed E-state index contributed by atoms with van der Waals surface area (Å²) in [7, 11) is 0. The van der Waals surface area contributed by atoms with Gasteiger partial charge in [-0.25, -0.2) is 4.79 Å². The van der Waals surface area contributed by atoms with Crippen LogP contribution in [0.15, 0.2) is 18.2 Å². The largest absolute Gasteiger partial charge is 0.480 e. The Morgan fingerprint density at radius 2 is 1.86 bits per heavy atom. The molecule has 6 nitrogen and oxygen atoms in total. The summed E-state index contributed by atoms with van der Waals surface area (Å²) in [6.45, 7) is -0.311. The Hall–Kier alpha value is -1.79. The van der Waals surface area contributed by atoms with E-state index < -0.39 is 23.3 Å². The van der Waals surface area contributed by atoms with Gasteiger partial charge in [-0.1, -0.05) is 23.2 Å². The summed E-state index contributed by atoms with van der Waals surface area (Å²) in [5.41, 5.74) is -0.901. The third kappa shape index (κ3) is 3.65. The summed E-state index contributed by atoms with van der Waals surface area (Å²) in [5, 5.41) is 14.3. The van der Waals surface area contributed by atoms with Gasteiger partial charge < -0.3 is 15.7 Å². The van der Waals surface area contributed by atoms with Crippen molar-refractivity contribution in [2.45, 2.75) is 18.4 Å². The average Bonchev–Trinajstić information content (AvgIpc) is 3.20. The zero-order valence-corrected chi connectivity index (χ0v) is 12.3. The van der Waals surface area contributed by atoms with Crippen molar-refractivity contribution in [1.29, 1.82) is 0 Å². The van der Waals surface area contributed by atoms with E-state index in [9.17, 15) is 14.4 Å². The first kappa shape index (κ1) is 15.6. The minimum absolute atomic E-state index is 0.233. The molecule has 0 aliphatic heterocycles. The van der Waals surface area contributed by atoms with Crippen molar-refractivity contribution in [1.82, 2.24) is 10.6 Å². The average molecular weight is 331 g/mol. The highest BCUT2D eigenvalue weighted by molar-refractivity contribution is 6.42. The summed E-state index contributed by atoms with van der Waals surface area (Å²) in [5.74, 6) is -2.11. The molecule has 0 bridgehead atoms. The second kappa shape index (κ2) is 5.91. The van der Waals surface area contributed by atoms with Crippen LogP contribution in [0.3, 0.4) is 0 Å². The van der Waals surface area contributed by atoms with Crippen molar-refractivity contribution in [3.05, 3.63) is 33.8 Å². The summed E-state index contributed by atoms with van der Waals surface area (Å²) in [4.78, 5) is 34.4. The minimum atomic E-state index is -1.16. The van der Waals surface area contributed by atoms with E-state index in [1.165, 1.54) is 18.2 Å². The second-order valence-electron chi connectivity index (χ2n) is 4.75. The van der Waals surface area contributed by atoms with Crippen molar-refractivity contribution < 1.29 is 19.5 Å².